The molecule has 0 amide bonds. The highest BCUT2D eigenvalue weighted by molar-refractivity contribution is 5.51. The van der Waals surface area contributed by atoms with Gasteiger partial charge in [-0.25, -0.2) is 0 Å². The summed E-state index contributed by atoms with van der Waals surface area (Å²) in [5.74, 6) is 1.04. The van der Waals surface area contributed by atoms with Gasteiger partial charge in [0.1, 0.15) is 5.56 Å². The van der Waals surface area contributed by atoms with Crippen LogP contribution in [-0.4, -0.2) is 14.7 Å². The summed E-state index contributed by atoms with van der Waals surface area (Å²) in [6.07, 6.45) is 6.30. The summed E-state index contributed by atoms with van der Waals surface area (Å²) in [6.45, 7) is 2.69. The normalized spacial score (nSPS) is 16.2. The number of rotatable bonds is 4. The summed E-state index contributed by atoms with van der Waals surface area (Å²) in [5, 5.41) is 4.17. The van der Waals surface area contributed by atoms with Gasteiger partial charge in [-0.1, -0.05) is 55.3 Å². The van der Waals surface area contributed by atoms with Gasteiger partial charge in [-0.05, 0) is 30.5 Å². The van der Waals surface area contributed by atoms with E-state index in [0.717, 1.165) is 24.2 Å². The molecule has 0 aliphatic heterocycles. The fraction of sp³-hybridized carbons (Fsp3) is 0.350. The Hall–Kier alpha value is -2.69. The molecule has 2 aromatic heterocycles. The lowest BCUT2D eigenvalue weighted by molar-refractivity contribution is 0.383. The molecule has 2 heterocycles. The molecule has 1 aromatic carbocycles. The Balaban J connectivity index is 1.66. The maximum atomic E-state index is 12.8. The average molecular weight is 335 g/mol. The van der Waals surface area contributed by atoms with Crippen LogP contribution in [0.1, 0.15) is 44.0 Å². The van der Waals surface area contributed by atoms with Crippen molar-refractivity contribution >= 4 is 0 Å². The number of hydrogen-bond donors (Lipinski definition) is 0. The molecule has 1 saturated carbocycles. The molecule has 1 aliphatic rings. The maximum Gasteiger partial charge on any atom is 0.263 e. The first kappa shape index (κ1) is 15.8. The first-order valence-corrected chi connectivity index (χ1v) is 8.74. The molecule has 0 bridgehead atoms. The highest BCUT2D eigenvalue weighted by atomic mass is 16.5. The smallest absolute Gasteiger partial charge is 0.263 e. The van der Waals surface area contributed by atoms with Crippen LogP contribution in [0, 0.1) is 0 Å². The van der Waals surface area contributed by atoms with Crippen LogP contribution in [0.2, 0.25) is 0 Å². The Morgan fingerprint density at radius 1 is 1.12 bits per heavy atom. The zero-order valence-electron chi connectivity index (χ0n) is 14.3. The van der Waals surface area contributed by atoms with Gasteiger partial charge in [-0.15, -0.1) is 0 Å². The van der Waals surface area contributed by atoms with Gasteiger partial charge in [0.2, 0.25) is 0 Å². The molecule has 1 aliphatic carbocycles. The molecular formula is C20H21N3O2. The van der Waals surface area contributed by atoms with Crippen molar-refractivity contribution in [2.75, 3.05) is 0 Å². The van der Waals surface area contributed by atoms with Gasteiger partial charge in [0.15, 0.2) is 5.82 Å². The van der Waals surface area contributed by atoms with E-state index in [1.54, 1.807) is 16.8 Å². The predicted molar refractivity (Wildman–Crippen MR) is 95.4 cm³/mol. The van der Waals surface area contributed by atoms with Crippen LogP contribution in [0.3, 0.4) is 0 Å². The SMILES string of the molecule is CC1(c2noc(-c3cccn(Cc4ccccc4)c3=O)n2)CCCC1. The second-order valence-electron chi connectivity index (χ2n) is 7.03. The van der Waals surface area contributed by atoms with Crippen molar-refractivity contribution in [1.82, 2.24) is 14.7 Å². The second-order valence-corrected chi connectivity index (χ2v) is 7.03. The minimum atomic E-state index is -0.113. The molecule has 5 nitrogen and oxygen atoms in total. The van der Waals surface area contributed by atoms with Gasteiger partial charge in [-0.2, -0.15) is 4.98 Å². The van der Waals surface area contributed by atoms with Crippen LogP contribution in [0.15, 0.2) is 58.0 Å². The van der Waals surface area contributed by atoms with Crippen molar-refractivity contribution in [2.24, 2.45) is 0 Å². The van der Waals surface area contributed by atoms with Crippen molar-refractivity contribution in [3.8, 4) is 11.5 Å². The van der Waals surface area contributed by atoms with E-state index >= 15 is 0 Å². The Morgan fingerprint density at radius 2 is 1.88 bits per heavy atom. The number of benzene rings is 1. The summed E-state index contributed by atoms with van der Waals surface area (Å²) < 4.78 is 7.11. The van der Waals surface area contributed by atoms with Crippen molar-refractivity contribution in [3.05, 3.63) is 70.4 Å². The molecule has 25 heavy (non-hydrogen) atoms. The van der Waals surface area contributed by atoms with Crippen LogP contribution in [-0.2, 0) is 12.0 Å². The third kappa shape index (κ3) is 3.02. The quantitative estimate of drug-likeness (QED) is 0.728. The highest BCUT2D eigenvalue weighted by Crippen LogP contribution is 2.39. The third-order valence-electron chi connectivity index (χ3n) is 5.12. The summed E-state index contributed by atoms with van der Waals surface area (Å²) in [4.78, 5) is 17.4. The van der Waals surface area contributed by atoms with E-state index < -0.39 is 0 Å². The zero-order valence-corrected chi connectivity index (χ0v) is 14.3. The number of aromatic nitrogens is 3. The lowest BCUT2D eigenvalue weighted by Crippen LogP contribution is -2.22. The van der Waals surface area contributed by atoms with Gasteiger partial charge in [0.05, 0.1) is 6.54 Å². The number of pyridine rings is 1. The number of hydrogen-bond acceptors (Lipinski definition) is 4. The zero-order chi connectivity index (χ0) is 17.3. The van der Waals surface area contributed by atoms with E-state index in [0.29, 0.717) is 18.0 Å². The first-order valence-electron chi connectivity index (χ1n) is 8.74. The molecule has 1 fully saturated rings. The van der Waals surface area contributed by atoms with Crippen LogP contribution in [0.25, 0.3) is 11.5 Å². The van der Waals surface area contributed by atoms with Crippen molar-refractivity contribution in [1.29, 1.82) is 0 Å². The summed E-state index contributed by atoms with van der Waals surface area (Å²) in [6, 6.07) is 13.5. The number of nitrogens with zero attached hydrogens (tertiary/aromatic N) is 3. The molecule has 0 N–H and O–H groups in total. The fourth-order valence-corrected chi connectivity index (χ4v) is 3.56. The van der Waals surface area contributed by atoms with Crippen LogP contribution >= 0.6 is 0 Å². The topological polar surface area (TPSA) is 60.9 Å². The Labute approximate surface area is 146 Å². The molecule has 3 aromatic rings. The minimum absolute atomic E-state index is 0.0282. The highest BCUT2D eigenvalue weighted by Gasteiger charge is 2.35. The molecule has 0 spiro atoms. The van der Waals surface area contributed by atoms with Crippen LogP contribution in [0.5, 0.6) is 0 Å². The Kier molecular flexibility index (Phi) is 3.99. The van der Waals surface area contributed by atoms with Crippen molar-refractivity contribution in [2.45, 2.75) is 44.6 Å². The summed E-state index contributed by atoms with van der Waals surface area (Å²) in [7, 11) is 0. The standard InChI is InChI=1S/C20H21N3O2/c1-20(11-5-6-12-20)19-21-17(25-22-19)16-10-7-13-23(18(16)24)14-15-8-3-2-4-9-15/h2-4,7-10,13H,5-6,11-12,14H2,1H3. The molecule has 0 unspecified atom stereocenters. The molecule has 0 saturated heterocycles. The van der Waals surface area contributed by atoms with E-state index in [4.69, 9.17) is 4.52 Å². The molecular weight excluding hydrogens is 314 g/mol. The third-order valence-corrected chi connectivity index (χ3v) is 5.12. The Bertz CT molecular complexity index is 921. The van der Waals surface area contributed by atoms with Crippen LogP contribution < -0.4 is 5.56 Å². The van der Waals surface area contributed by atoms with Crippen molar-refractivity contribution < 1.29 is 4.52 Å². The first-order chi connectivity index (χ1) is 12.2. The summed E-state index contributed by atoms with van der Waals surface area (Å²) in [5.41, 5.74) is 1.39. The lowest BCUT2D eigenvalue weighted by atomic mass is 9.88. The maximum absolute atomic E-state index is 12.8. The van der Waals surface area contributed by atoms with E-state index in [1.165, 1.54) is 12.8 Å². The van der Waals surface area contributed by atoms with Gasteiger partial charge in [0.25, 0.3) is 11.4 Å². The monoisotopic (exact) mass is 335 g/mol. The predicted octanol–water partition coefficient (Wildman–Crippen LogP) is 3.78. The lowest BCUT2D eigenvalue weighted by Gasteiger charge is -2.17. The molecule has 128 valence electrons. The minimum Gasteiger partial charge on any atom is -0.334 e. The molecule has 0 radical (unpaired) electrons. The Morgan fingerprint density at radius 3 is 2.64 bits per heavy atom. The van der Waals surface area contributed by atoms with Gasteiger partial charge < -0.3 is 9.09 Å². The molecule has 0 atom stereocenters. The van der Waals surface area contributed by atoms with Gasteiger partial charge in [-0.3, -0.25) is 4.79 Å². The van der Waals surface area contributed by atoms with Crippen LogP contribution in [0.4, 0.5) is 0 Å². The van der Waals surface area contributed by atoms with Crippen molar-refractivity contribution in [3.63, 3.8) is 0 Å². The largest absolute Gasteiger partial charge is 0.334 e. The van der Waals surface area contributed by atoms with Gasteiger partial charge >= 0.3 is 0 Å². The molecule has 4 rings (SSSR count). The summed E-state index contributed by atoms with van der Waals surface area (Å²) >= 11 is 0. The van der Waals surface area contributed by atoms with E-state index in [9.17, 15) is 4.79 Å². The van der Waals surface area contributed by atoms with E-state index in [1.807, 2.05) is 36.4 Å². The van der Waals surface area contributed by atoms with Gasteiger partial charge in [0, 0.05) is 11.6 Å². The molecule has 5 heteroatoms. The fourth-order valence-electron chi connectivity index (χ4n) is 3.56. The average Bonchev–Trinajstić information content (AvgIpc) is 3.28. The second kappa shape index (κ2) is 6.31. The van der Waals surface area contributed by atoms with E-state index in [2.05, 4.69) is 17.1 Å². The van der Waals surface area contributed by atoms with E-state index in [-0.39, 0.29) is 11.0 Å².